The van der Waals surface area contributed by atoms with E-state index in [1.54, 1.807) is 0 Å². The summed E-state index contributed by atoms with van der Waals surface area (Å²) < 4.78 is 12.0. The number of carbonyl (C=O) groups is 1. The Hall–Kier alpha value is -3.11. The van der Waals surface area contributed by atoms with Crippen LogP contribution in [0.3, 0.4) is 0 Å². The molecule has 0 bridgehead atoms. The molecule has 1 saturated heterocycles. The first-order chi connectivity index (χ1) is 14.3. The Bertz CT molecular complexity index is 1000. The molecule has 0 saturated carbocycles. The summed E-state index contributed by atoms with van der Waals surface area (Å²) in [6.07, 6.45) is -0.0944. The third-order valence-corrected chi connectivity index (χ3v) is 5.72. The first kappa shape index (κ1) is 18.0. The molecule has 5 rings (SSSR count). The highest BCUT2D eigenvalue weighted by Gasteiger charge is 2.45. The van der Waals surface area contributed by atoms with Gasteiger partial charge in [0.05, 0.1) is 18.6 Å². The summed E-state index contributed by atoms with van der Waals surface area (Å²) in [5, 5.41) is 0. The van der Waals surface area contributed by atoms with Gasteiger partial charge in [-0.25, -0.2) is 0 Å². The van der Waals surface area contributed by atoms with E-state index in [4.69, 9.17) is 9.47 Å². The average molecular weight is 385 g/mol. The number of hydrogen-bond acceptors (Lipinski definition) is 3. The molecule has 2 aliphatic rings. The quantitative estimate of drug-likeness (QED) is 0.658. The van der Waals surface area contributed by atoms with Crippen molar-refractivity contribution < 1.29 is 14.3 Å². The van der Waals surface area contributed by atoms with E-state index in [9.17, 15) is 4.79 Å². The molecular formula is C25H23NO3. The molecule has 2 heterocycles. The zero-order valence-corrected chi connectivity index (χ0v) is 16.2. The fourth-order valence-electron chi connectivity index (χ4n) is 4.22. The van der Waals surface area contributed by atoms with E-state index in [0.29, 0.717) is 26.3 Å². The summed E-state index contributed by atoms with van der Waals surface area (Å²) in [4.78, 5) is 15.1. The highest BCUT2D eigenvalue weighted by Crippen LogP contribution is 2.39. The van der Waals surface area contributed by atoms with E-state index in [-0.39, 0.29) is 17.9 Å². The second-order valence-corrected chi connectivity index (χ2v) is 7.67. The van der Waals surface area contributed by atoms with Crippen LogP contribution in [0.4, 0.5) is 0 Å². The van der Waals surface area contributed by atoms with Crippen molar-refractivity contribution in [2.24, 2.45) is 0 Å². The summed E-state index contributed by atoms with van der Waals surface area (Å²) in [6, 6.07) is 26.2. The number of amides is 1. The topological polar surface area (TPSA) is 38.8 Å². The van der Waals surface area contributed by atoms with Crippen LogP contribution in [0, 0.1) is 0 Å². The highest BCUT2D eigenvalue weighted by atomic mass is 16.5. The molecular weight excluding hydrogens is 362 g/mol. The van der Waals surface area contributed by atoms with Crippen LogP contribution in [0.1, 0.15) is 28.2 Å². The normalized spacial score (nSPS) is 20.3. The van der Waals surface area contributed by atoms with Gasteiger partial charge in [-0.15, -0.1) is 0 Å². The van der Waals surface area contributed by atoms with Gasteiger partial charge >= 0.3 is 0 Å². The number of ether oxygens (including phenoxy) is 2. The summed E-state index contributed by atoms with van der Waals surface area (Å²) in [5.41, 5.74) is 4.39. The number of hydrogen-bond donors (Lipinski definition) is 0. The third kappa shape index (κ3) is 3.64. The second kappa shape index (κ2) is 7.72. The zero-order chi connectivity index (χ0) is 19.6. The average Bonchev–Trinajstić information content (AvgIpc) is 3.09. The van der Waals surface area contributed by atoms with Crippen LogP contribution in [0.15, 0.2) is 78.9 Å². The molecule has 0 radical (unpaired) electrons. The van der Waals surface area contributed by atoms with Crippen molar-refractivity contribution in [3.63, 3.8) is 0 Å². The van der Waals surface area contributed by atoms with Gasteiger partial charge in [-0.1, -0.05) is 66.7 Å². The Balaban J connectivity index is 1.35. The number of rotatable bonds is 5. The summed E-state index contributed by atoms with van der Waals surface area (Å²) >= 11 is 0. The molecule has 1 amide bonds. The monoisotopic (exact) mass is 385 g/mol. The fourth-order valence-corrected chi connectivity index (χ4v) is 4.22. The number of fused-ring (bicyclic) bond motifs is 3. The van der Waals surface area contributed by atoms with Gasteiger partial charge in [-0.3, -0.25) is 4.79 Å². The highest BCUT2D eigenvalue weighted by molar-refractivity contribution is 5.87. The van der Waals surface area contributed by atoms with Gasteiger partial charge in [0.25, 0.3) is 0 Å². The number of likely N-dealkylation sites (tertiary alicyclic amines) is 1. The third-order valence-electron chi connectivity index (χ3n) is 5.72. The lowest BCUT2D eigenvalue weighted by Crippen LogP contribution is -2.28. The Morgan fingerprint density at radius 1 is 0.931 bits per heavy atom. The predicted octanol–water partition coefficient (Wildman–Crippen LogP) is 4.29. The van der Waals surface area contributed by atoms with E-state index in [0.717, 1.165) is 28.0 Å². The van der Waals surface area contributed by atoms with Crippen molar-refractivity contribution in [2.75, 3.05) is 6.54 Å². The van der Waals surface area contributed by atoms with Gasteiger partial charge in [-0.05, 0) is 34.4 Å². The standard InChI is InChI=1S/C25H23NO3/c27-25-24-22-13-21(28-16-19-9-5-2-6-10-19)12-11-20(22)17-29-23(24)15-26(25)14-18-7-3-1-4-8-18/h1-13,23-24H,14-17H2/t23-,24+/m1/s1. The number of benzene rings is 3. The molecule has 29 heavy (non-hydrogen) atoms. The smallest absolute Gasteiger partial charge is 0.233 e. The molecule has 3 aromatic rings. The van der Waals surface area contributed by atoms with Crippen LogP contribution in [-0.4, -0.2) is 23.5 Å². The van der Waals surface area contributed by atoms with E-state index >= 15 is 0 Å². The van der Waals surface area contributed by atoms with Gasteiger partial charge < -0.3 is 14.4 Å². The van der Waals surface area contributed by atoms with Crippen molar-refractivity contribution in [1.29, 1.82) is 0 Å². The SMILES string of the molecule is O=C1[C@H]2c3cc(OCc4ccccc4)ccc3CO[C@@H]2CN1Cc1ccccc1. The van der Waals surface area contributed by atoms with Crippen molar-refractivity contribution in [3.05, 3.63) is 101 Å². The molecule has 0 aromatic heterocycles. The molecule has 3 aromatic carbocycles. The van der Waals surface area contributed by atoms with Gasteiger partial charge in [0.2, 0.25) is 5.91 Å². The van der Waals surface area contributed by atoms with Crippen LogP contribution < -0.4 is 4.74 Å². The molecule has 0 unspecified atom stereocenters. The molecule has 4 nitrogen and oxygen atoms in total. The molecule has 1 fully saturated rings. The minimum Gasteiger partial charge on any atom is -0.489 e. The van der Waals surface area contributed by atoms with E-state index in [1.165, 1.54) is 0 Å². The van der Waals surface area contributed by atoms with Crippen molar-refractivity contribution in [2.45, 2.75) is 31.8 Å². The fraction of sp³-hybridized carbons (Fsp3) is 0.240. The first-order valence-electron chi connectivity index (χ1n) is 10.0. The summed E-state index contributed by atoms with van der Waals surface area (Å²) in [5.74, 6) is 0.685. The van der Waals surface area contributed by atoms with Crippen LogP contribution in [0.2, 0.25) is 0 Å². The predicted molar refractivity (Wildman–Crippen MR) is 110 cm³/mol. The van der Waals surface area contributed by atoms with Gasteiger partial charge in [0.15, 0.2) is 0 Å². The number of carbonyl (C=O) groups excluding carboxylic acids is 1. The van der Waals surface area contributed by atoms with E-state index in [2.05, 4.69) is 12.1 Å². The van der Waals surface area contributed by atoms with Gasteiger partial charge in [-0.2, -0.15) is 0 Å². The Morgan fingerprint density at radius 3 is 2.41 bits per heavy atom. The molecule has 146 valence electrons. The Morgan fingerprint density at radius 2 is 1.66 bits per heavy atom. The molecule has 2 atom stereocenters. The lowest BCUT2D eigenvalue weighted by Gasteiger charge is -2.26. The lowest BCUT2D eigenvalue weighted by molar-refractivity contribution is -0.130. The first-order valence-corrected chi connectivity index (χ1v) is 10.0. The van der Waals surface area contributed by atoms with Crippen molar-refractivity contribution in [3.8, 4) is 5.75 Å². The Kier molecular flexibility index (Phi) is 4.78. The van der Waals surface area contributed by atoms with Gasteiger partial charge in [0, 0.05) is 13.1 Å². The molecule has 0 spiro atoms. The molecule has 0 N–H and O–H groups in total. The lowest BCUT2D eigenvalue weighted by atomic mass is 9.89. The molecule has 2 aliphatic heterocycles. The minimum atomic E-state index is -0.247. The van der Waals surface area contributed by atoms with Crippen molar-refractivity contribution >= 4 is 5.91 Å². The molecule has 4 heteroatoms. The van der Waals surface area contributed by atoms with Crippen LogP contribution in [-0.2, 0) is 29.3 Å². The van der Waals surface area contributed by atoms with Crippen LogP contribution in [0.5, 0.6) is 5.75 Å². The maximum absolute atomic E-state index is 13.2. The number of nitrogens with zero attached hydrogens (tertiary/aromatic N) is 1. The summed E-state index contributed by atoms with van der Waals surface area (Å²) in [6.45, 7) is 2.31. The van der Waals surface area contributed by atoms with E-state index < -0.39 is 0 Å². The Labute approximate surface area is 170 Å². The molecule has 0 aliphatic carbocycles. The zero-order valence-electron chi connectivity index (χ0n) is 16.2. The van der Waals surface area contributed by atoms with E-state index in [1.807, 2.05) is 71.6 Å². The van der Waals surface area contributed by atoms with Crippen LogP contribution >= 0.6 is 0 Å². The van der Waals surface area contributed by atoms with Crippen molar-refractivity contribution in [1.82, 2.24) is 4.90 Å². The van der Waals surface area contributed by atoms with Crippen LogP contribution in [0.25, 0.3) is 0 Å². The largest absolute Gasteiger partial charge is 0.489 e. The minimum absolute atomic E-state index is 0.0944. The second-order valence-electron chi connectivity index (χ2n) is 7.67. The maximum atomic E-state index is 13.2. The summed E-state index contributed by atoms with van der Waals surface area (Å²) in [7, 11) is 0. The van der Waals surface area contributed by atoms with Gasteiger partial charge in [0.1, 0.15) is 12.4 Å². The maximum Gasteiger partial charge on any atom is 0.233 e.